The summed E-state index contributed by atoms with van der Waals surface area (Å²) < 4.78 is 1.19. The maximum Gasteiger partial charge on any atom is 0.238 e. The summed E-state index contributed by atoms with van der Waals surface area (Å²) >= 11 is 1.71. The van der Waals surface area contributed by atoms with Gasteiger partial charge in [-0.2, -0.15) is 5.26 Å². The molecule has 1 saturated heterocycles. The van der Waals surface area contributed by atoms with Crippen LogP contribution in [0.15, 0.2) is 48.5 Å². The van der Waals surface area contributed by atoms with E-state index in [2.05, 4.69) is 22.4 Å². The average Bonchev–Trinajstić information content (AvgIpc) is 3.27. The summed E-state index contributed by atoms with van der Waals surface area (Å²) in [7, 11) is 0. The molecule has 0 aliphatic carbocycles. The molecule has 1 aliphatic rings. The first-order valence-electron chi connectivity index (χ1n) is 8.62. The number of nitrogens with one attached hydrogen (secondary N) is 1. The van der Waals surface area contributed by atoms with E-state index < -0.39 is 0 Å². The molecule has 1 aromatic heterocycles. The molecular weight excluding hydrogens is 344 g/mol. The summed E-state index contributed by atoms with van der Waals surface area (Å²) in [4.78, 5) is 19.4. The number of carbonyl (C=O) groups excluding carboxylic acids is 1. The quantitative estimate of drug-likeness (QED) is 0.763. The van der Waals surface area contributed by atoms with Crippen LogP contribution in [0, 0.1) is 11.3 Å². The number of hydrogen-bond donors (Lipinski definition) is 1. The lowest BCUT2D eigenvalue weighted by Crippen LogP contribution is -2.32. The van der Waals surface area contributed by atoms with Crippen molar-refractivity contribution in [2.24, 2.45) is 0 Å². The Balaban J connectivity index is 1.46. The molecule has 1 amide bonds. The molecule has 130 valence electrons. The first-order valence-corrected chi connectivity index (χ1v) is 9.44. The first kappa shape index (κ1) is 16.7. The Morgan fingerprint density at radius 1 is 1.31 bits per heavy atom. The Morgan fingerprint density at radius 2 is 2.19 bits per heavy atom. The number of aromatic nitrogens is 1. The van der Waals surface area contributed by atoms with Crippen LogP contribution in [0.2, 0.25) is 0 Å². The standard InChI is InChI=1S/C20H18N4OS/c21-12-14-5-3-6-15(11-14)22-19(25)13-24-10-4-8-17(24)20-23-16-7-1-2-9-18(16)26-20/h1-3,5-7,9,11,17H,4,8,10,13H2,(H,22,25). The lowest BCUT2D eigenvalue weighted by Gasteiger charge is -2.22. The van der Waals surface area contributed by atoms with Crippen molar-refractivity contribution in [2.75, 3.05) is 18.4 Å². The molecule has 1 N–H and O–H groups in total. The van der Waals surface area contributed by atoms with Crippen molar-refractivity contribution in [1.82, 2.24) is 9.88 Å². The molecule has 5 nitrogen and oxygen atoms in total. The molecule has 3 aromatic rings. The van der Waals surface area contributed by atoms with Gasteiger partial charge in [-0.15, -0.1) is 11.3 Å². The van der Waals surface area contributed by atoms with Crippen molar-refractivity contribution >= 4 is 33.1 Å². The van der Waals surface area contributed by atoms with Gasteiger partial charge in [0, 0.05) is 5.69 Å². The number of benzene rings is 2. The molecule has 26 heavy (non-hydrogen) atoms. The number of nitrogens with zero attached hydrogens (tertiary/aromatic N) is 3. The number of rotatable bonds is 4. The number of fused-ring (bicyclic) bond motifs is 1. The number of hydrogen-bond acceptors (Lipinski definition) is 5. The van der Waals surface area contributed by atoms with Gasteiger partial charge in [0.1, 0.15) is 5.01 Å². The molecule has 0 bridgehead atoms. The van der Waals surface area contributed by atoms with Crippen LogP contribution in [0.25, 0.3) is 10.2 Å². The predicted molar refractivity (Wildman–Crippen MR) is 103 cm³/mol. The molecule has 1 atom stereocenters. The van der Waals surface area contributed by atoms with Gasteiger partial charge < -0.3 is 5.32 Å². The second-order valence-electron chi connectivity index (χ2n) is 6.39. The van der Waals surface area contributed by atoms with Crippen molar-refractivity contribution in [3.63, 3.8) is 0 Å². The number of amides is 1. The van der Waals surface area contributed by atoms with Crippen molar-refractivity contribution < 1.29 is 4.79 Å². The van der Waals surface area contributed by atoms with Crippen LogP contribution >= 0.6 is 11.3 Å². The van der Waals surface area contributed by atoms with Crippen molar-refractivity contribution in [1.29, 1.82) is 5.26 Å². The number of likely N-dealkylation sites (tertiary alicyclic amines) is 1. The lowest BCUT2D eigenvalue weighted by molar-refractivity contribution is -0.117. The minimum Gasteiger partial charge on any atom is -0.325 e. The van der Waals surface area contributed by atoms with Crippen LogP contribution < -0.4 is 5.32 Å². The zero-order valence-electron chi connectivity index (χ0n) is 14.2. The van der Waals surface area contributed by atoms with Crippen LogP contribution in [-0.4, -0.2) is 28.9 Å². The molecule has 1 aliphatic heterocycles. The SMILES string of the molecule is N#Cc1cccc(NC(=O)CN2CCCC2c2nc3ccccc3s2)c1. The molecule has 0 saturated carbocycles. The van der Waals surface area contributed by atoms with E-state index >= 15 is 0 Å². The maximum atomic E-state index is 12.5. The van der Waals surface area contributed by atoms with Crippen LogP contribution in [0.3, 0.4) is 0 Å². The van der Waals surface area contributed by atoms with E-state index in [-0.39, 0.29) is 11.9 Å². The summed E-state index contributed by atoms with van der Waals surface area (Å²) in [5, 5.41) is 12.9. The van der Waals surface area contributed by atoms with Crippen LogP contribution in [0.5, 0.6) is 0 Å². The lowest BCUT2D eigenvalue weighted by atomic mass is 10.2. The van der Waals surface area contributed by atoms with Crippen LogP contribution in [-0.2, 0) is 4.79 Å². The first-order chi connectivity index (χ1) is 12.7. The third-order valence-electron chi connectivity index (χ3n) is 4.58. The number of carbonyl (C=O) groups is 1. The molecular formula is C20H18N4OS. The summed E-state index contributed by atoms with van der Waals surface area (Å²) in [6, 6.07) is 17.4. The molecule has 6 heteroatoms. The van der Waals surface area contributed by atoms with Gasteiger partial charge in [-0.25, -0.2) is 4.98 Å². The smallest absolute Gasteiger partial charge is 0.238 e. The largest absolute Gasteiger partial charge is 0.325 e. The van der Waals surface area contributed by atoms with Gasteiger partial charge in [0.2, 0.25) is 5.91 Å². The second-order valence-corrected chi connectivity index (χ2v) is 7.45. The number of para-hydroxylation sites is 1. The summed E-state index contributed by atoms with van der Waals surface area (Å²) in [6.07, 6.45) is 2.09. The highest BCUT2D eigenvalue weighted by atomic mass is 32.1. The Hall–Kier alpha value is -2.75. The molecule has 1 unspecified atom stereocenters. The van der Waals surface area contributed by atoms with Gasteiger partial charge >= 0.3 is 0 Å². The molecule has 0 radical (unpaired) electrons. The third-order valence-corrected chi connectivity index (χ3v) is 5.72. The molecule has 4 rings (SSSR count). The monoisotopic (exact) mass is 362 g/mol. The summed E-state index contributed by atoms with van der Waals surface area (Å²) in [6.45, 7) is 1.23. The molecule has 0 spiro atoms. The van der Waals surface area contributed by atoms with Crippen molar-refractivity contribution in [3.8, 4) is 6.07 Å². The number of thiazole rings is 1. The highest BCUT2D eigenvalue weighted by Gasteiger charge is 2.30. The zero-order valence-corrected chi connectivity index (χ0v) is 15.0. The Kier molecular flexibility index (Phi) is 4.65. The summed E-state index contributed by atoms with van der Waals surface area (Å²) in [5.74, 6) is -0.0619. The third kappa shape index (κ3) is 3.45. The minimum atomic E-state index is -0.0619. The van der Waals surface area contributed by atoms with Crippen molar-refractivity contribution in [3.05, 3.63) is 59.1 Å². The topological polar surface area (TPSA) is 69.0 Å². The van der Waals surface area contributed by atoms with Crippen LogP contribution in [0.1, 0.15) is 29.5 Å². The van der Waals surface area contributed by atoms with E-state index in [1.807, 2.05) is 18.2 Å². The second kappa shape index (κ2) is 7.24. The molecule has 1 fully saturated rings. The fourth-order valence-corrected chi connectivity index (χ4v) is 4.52. The van der Waals surface area contributed by atoms with E-state index in [1.165, 1.54) is 4.70 Å². The number of anilines is 1. The summed E-state index contributed by atoms with van der Waals surface area (Å²) in [5.41, 5.74) is 2.22. The van der Waals surface area contributed by atoms with Gasteiger partial charge in [0.05, 0.1) is 34.4 Å². The van der Waals surface area contributed by atoms with E-state index in [0.29, 0.717) is 17.8 Å². The van der Waals surface area contributed by atoms with E-state index in [9.17, 15) is 4.79 Å². The van der Waals surface area contributed by atoms with E-state index in [4.69, 9.17) is 10.2 Å². The fraction of sp³-hybridized carbons (Fsp3) is 0.250. The fourth-order valence-electron chi connectivity index (χ4n) is 3.38. The molecule has 2 heterocycles. The normalized spacial score (nSPS) is 17.3. The van der Waals surface area contributed by atoms with Gasteiger partial charge in [0.25, 0.3) is 0 Å². The highest BCUT2D eigenvalue weighted by molar-refractivity contribution is 7.18. The highest BCUT2D eigenvalue weighted by Crippen LogP contribution is 2.36. The van der Waals surface area contributed by atoms with Gasteiger partial charge in [0.15, 0.2) is 0 Å². The molecule has 2 aromatic carbocycles. The van der Waals surface area contributed by atoms with E-state index in [0.717, 1.165) is 29.9 Å². The Morgan fingerprint density at radius 3 is 3.04 bits per heavy atom. The van der Waals surface area contributed by atoms with Crippen molar-refractivity contribution in [2.45, 2.75) is 18.9 Å². The minimum absolute atomic E-state index is 0.0619. The van der Waals surface area contributed by atoms with Gasteiger partial charge in [-0.3, -0.25) is 9.69 Å². The predicted octanol–water partition coefficient (Wildman–Crippen LogP) is 3.94. The maximum absolute atomic E-state index is 12.5. The zero-order chi connectivity index (χ0) is 17.9. The van der Waals surface area contributed by atoms with E-state index in [1.54, 1.807) is 35.6 Å². The average molecular weight is 362 g/mol. The number of nitriles is 1. The van der Waals surface area contributed by atoms with Gasteiger partial charge in [-0.05, 0) is 49.7 Å². The Bertz CT molecular complexity index is 958. The van der Waals surface area contributed by atoms with Gasteiger partial charge in [-0.1, -0.05) is 18.2 Å². The Labute approximate surface area is 155 Å². The van der Waals surface area contributed by atoms with Crippen LogP contribution in [0.4, 0.5) is 5.69 Å².